The topological polar surface area (TPSA) is 64.6 Å². The third-order valence-corrected chi connectivity index (χ3v) is 5.43. The number of carbonyl (C=O) groups excluding carboxylic acids is 2. The average molecular weight is 315 g/mol. The molecule has 2 aliphatic heterocycles. The lowest BCUT2D eigenvalue weighted by Gasteiger charge is -2.55. The van der Waals surface area contributed by atoms with E-state index in [0.29, 0.717) is 0 Å². The molecule has 122 valence electrons. The van der Waals surface area contributed by atoms with Gasteiger partial charge in [0.15, 0.2) is 5.72 Å². The summed E-state index contributed by atoms with van der Waals surface area (Å²) in [5, 5.41) is 3.03. The molecule has 3 aliphatic rings. The van der Waals surface area contributed by atoms with Gasteiger partial charge >= 0.3 is 5.97 Å². The highest BCUT2D eigenvalue weighted by Crippen LogP contribution is 2.55. The first kappa shape index (κ1) is 14.5. The number of rotatable bonds is 2. The number of hydrogen-bond acceptors (Lipinski definition) is 4. The summed E-state index contributed by atoms with van der Waals surface area (Å²) in [6.45, 7) is 2.05. The van der Waals surface area contributed by atoms with Gasteiger partial charge in [0, 0.05) is 18.3 Å². The third kappa shape index (κ3) is 2.06. The number of carbonyl (C=O) groups is 2. The van der Waals surface area contributed by atoms with Crippen molar-refractivity contribution >= 4 is 11.9 Å². The van der Waals surface area contributed by atoms with Crippen LogP contribution >= 0.6 is 0 Å². The van der Waals surface area contributed by atoms with Crippen molar-refractivity contribution < 1.29 is 19.1 Å². The van der Waals surface area contributed by atoms with Crippen LogP contribution in [0.1, 0.15) is 44.1 Å². The van der Waals surface area contributed by atoms with Crippen LogP contribution < -0.4 is 10.1 Å². The fourth-order valence-corrected chi connectivity index (χ4v) is 4.56. The van der Waals surface area contributed by atoms with Gasteiger partial charge in [-0.3, -0.25) is 9.59 Å². The molecular formula is C18H21NO4. The van der Waals surface area contributed by atoms with Crippen LogP contribution in [0.5, 0.6) is 5.75 Å². The average Bonchev–Trinajstić information content (AvgIpc) is 2.54. The number of piperidine rings is 1. The molecule has 1 saturated heterocycles. The van der Waals surface area contributed by atoms with Crippen LogP contribution in [0.15, 0.2) is 24.3 Å². The second kappa shape index (κ2) is 5.25. The number of nitrogens with one attached hydrogen (secondary N) is 1. The van der Waals surface area contributed by atoms with Crippen molar-refractivity contribution in [3.05, 3.63) is 29.8 Å². The van der Waals surface area contributed by atoms with Crippen LogP contribution in [-0.2, 0) is 14.3 Å². The number of esters is 1. The highest BCUT2D eigenvalue weighted by molar-refractivity contribution is 6.00. The highest BCUT2D eigenvalue weighted by Gasteiger charge is 2.61. The van der Waals surface area contributed by atoms with Crippen molar-refractivity contribution in [2.24, 2.45) is 11.8 Å². The van der Waals surface area contributed by atoms with Crippen molar-refractivity contribution in [2.75, 3.05) is 6.61 Å². The molecule has 4 atom stereocenters. The van der Waals surface area contributed by atoms with Gasteiger partial charge in [0.05, 0.1) is 6.61 Å². The maximum absolute atomic E-state index is 12.7. The summed E-state index contributed by atoms with van der Waals surface area (Å²) in [6.07, 6.45) is 3.87. The first-order valence-electron chi connectivity index (χ1n) is 8.43. The second-order valence-corrected chi connectivity index (χ2v) is 6.63. The quantitative estimate of drug-likeness (QED) is 0.672. The molecule has 1 saturated carbocycles. The van der Waals surface area contributed by atoms with E-state index in [1.807, 2.05) is 24.3 Å². The van der Waals surface area contributed by atoms with Crippen molar-refractivity contribution in [1.29, 1.82) is 0 Å². The van der Waals surface area contributed by atoms with Gasteiger partial charge in [0.25, 0.3) is 0 Å². The fraction of sp³-hybridized carbons (Fsp3) is 0.556. The molecule has 0 spiro atoms. The number of hydrogen-bond donors (Lipinski definition) is 1. The molecule has 2 heterocycles. The second-order valence-electron chi connectivity index (χ2n) is 6.63. The van der Waals surface area contributed by atoms with Gasteiger partial charge in [0.1, 0.15) is 11.7 Å². The van der Waals surface area contributed by atoms with E-state index in [1.54, 1.807) is 6.92 Å². The largest absolute Gasteiger partial charge is 0.467 e. The van der Waals surface area contributed by atoms with Crippen LogP contribution in [0.4, 0.5) is 0 Å². The molecule has 2 fully saturated rings. The zero-order valence-electron chi connectivity index (χ0n) is 13.2. The molecule has 1 aromatic rings. The maximum Gasteiger partial charge on any atom is 0.319 e. The first-order valence-corrected chi connectivity index (χ1v) is 8.43. The normalized spacial score (nSPS) is 34.5. The molecule has 5 heteroatoms. The minimum Gasteiger partial charge on any atom is -0.467 e. The summed E-state index contributed by atoms with van der Waals surface area (Å²) in [6, 6.07) is 7.76. The first-order chi connectivity index (χ1) is 11.2. The summed E-state index contributed by atoms with van der Waals surface area (Å²) >= 11 is 0. The number of fused-ring (bicyclic) bond motifs is 2. The highest BCUT2D eigenvalue weighted by atomic mass is 16.5. The molecule has 0 aromatic heterocycles. The van der Waals surface area contributed by atoms with Crippen LogP contribution in [0.25, 0.3) is 0 Å². The van der Waals surface area contributed by atoms with E-state index in [4.69, 9.17) is 9.47 Å². The van der Waals surface area contributed by atoms with Gasteiger partial charge in [0.2, 0.25) is 5.91 Å². The maximum atomic E-state index is 12.7. The van der Waals surface area contributed by atoms with E-state index in [9.17, 15) is 9.59 Å². The van der Waals surface area contributed by atoms with Crippen LogP contribution in [0, 0.1) is 11.8 Å². The van der Waals surface area contributed by atoms with Gasteiger partial charge < -0.3 is 14.8 Å². The number of amides is 1. The smallest absolute Gasteiger partial charge is 0.319 e. The summed E-state index contributed by atoms with van der Waals surface area (Å²) < 4.78 is 11.5. The summed E-state index contributed by atoms with van der Waals surface area (Å²) in [5.74, 6) is -0.723. The third-order valence-electron chi connectivity index (χ3n) is 5.43. The molecule has 0 unspecified atom stereocenters. The van der Waals surface area contributed by atoms with Gasteiger partial charge in [-0.05, 0) is 31.4 Å². The van der Waals surface area contributed by atoms with E-state index >= 15 is 0 Å². The van der Waals surface area contributed by atoms with E-state index in [1.165, 1.54) is 0 Å². The Balaban J connectivity index is 1.85. The summed E-state index contributed by atoms with van der Waals surface area (Å²) in [4.78, 5) is 25.2. The van der Waals surface area contributed by atoms with Crippen LogP contribution in [0.2, 0.25) is 0 Å². The molecule has 1 aliphatic carbocycles. The Kier molecular flexibility index (Phi) is 3.32. The van der Waals surface area contributed by atoms with Crippen molar-refractivity contribution in [2.45, 2.75) is 44.2 Å². The zero-order valence-corrected chi connectivity index (χ0v) is 13.2. The van der Waals surface area contributed by atoms with Gasteiger partial charge in [-0.2, -0.15) is 0 Å². The van der Waals surface area contributed by atoms with Gasteiger partial charge in [-0.1, -0.05) is 24.6 Å². The standard InChI is InChI=1S/C18H21NO4/c1-2-22-17(21)15-14-11-7-3-4-9-13(11)23-18(19-16(15)20)10-6-5-8-12(14)18/h3-4,7,9,12,14-15H,2,5-6,8,10H2,1H3,(H,19,20)/t12-,14-,15-,18-/m1/s1. The Morgan fingerprint density at radius 3 is 3.04 bits per heavy atom. The minimum atomic E-state index is -0.781. The predicted molar refractivity (Wildman–Crippen MR) is 82.8 cm³/mol. The van der Waals surface area contributed by atoms with Crippen LogP contribution in [-0.4, -0.2) is 24.2 Å². The Hall–Kier alpha value is -2.04. The van der Waals surface area contributed by atoms with Crippen molar-refractivity contribution in [3.63, 3.8) is 0 Å². The molecule has 4 rings (SSSR count). The molecule has 23 heavy (non-hydrogen) atoms. The Labute approximate surface area is 135 Å². The monoisotopic (exact) mass is 315 g/mol. The molecule has 5 nitrogen and oxygen atoms in total. The fourth-order valence-electron chi connectivity index (χ4n) is 4.56. The zero-order chi connectivity index (χ0) is 16.0. The molecule has 1 aromatic carbocycles. The van der Waals surface area contributed by atoms with Crippen molar-refractivity contribution in [1.82, 2.24) is 5.32 Å². The van der Waals surface area contributed by atoms with Gasteiger partial charge in [-0.15, -0.1) is 0 Å². The Morgan fingerprint density at radius 1 is 1.39 bits per heavy atom. The van der Waals surface area contributed by atoms with E-state index in [-0.39, 0.29) is 24.3 Å². The van der Waals surface area contributed by atoms with Crippen LogP contribution in [0.3, 0.4) is 0 Å². The van der Waals surface area contributed by atoms with E-state index in [0.717, 1.165) is 37.0 Å². The molecular weight excluding hydrogens is 294 g/mol. The van der Waals surface area contributed by atoms with E-state index < -0.39 is 17.6 Å². The van der Waals surface area contributed by atoms with E-state index in [2.05, 4.69) is 5.32 Å². The molecule has 1 amide bonds. The lowest BCUT2D eigenvalue weighted by Crippen LogP contribution is -2.69. The minimum absolute atomic E-state index is 0.123. The summed E-state index contributed by atoms with van der Waals surface area (Å²) in [7, 11) is 0. The van der Waals surface area contributed by atoms with Gasteiger partial charge in [-0.25, -0.2) is 0 Å². The number of benzene rings is 1. The molecule has 2 bridgehead atoms. The SMILES string of the molecule is CCOC(=O)[C@H]1C(=O)N[C@@]23CCCC[C@@H]2[C@H]1c1ccccc1O3. The number of para-hydroxylation sites is 1. The lowest BCUT2D eigenvalue weighted by molar-refractivity contribution is -0.171. The lowest BCUT2D eigenvalue weighted by atomic mass is 9.62. The van der Waals surface area contributed by atoms with Crippen molar-refractivity contribution in [3.8, 4) is 5.75 Å². The Bertz CT molecular complexity index is 658. The molecule has 1 N–H and O–H groups in total. The Morgan fingerprint density at radius 2 is 2.22 bits per heavy atom. The predicted octanol–water partition coefficient (Wildman–Crippen LogP) is 2.36. The number of ether oxygens (including phenoxy) is 2. The summed E-state index contributed by atoms with van der Waals surface area (Å²) in [5.41, 5.74) is 0.306. The molecule has 0 radical (unpaired) electrons.